The monoisotopic (exact) mass is 691 g/mol. The molecule has 4 aromatic carbocycles. The number of hydrogen-bond acceptors (Lipinski definition) is 6. The number of carbonyl (C=O) groups is 3. The Kier molecular flexibility index (Phi) is 11.4. The van der Waals surface area contributed by atoms with Gasteiger partial charge in [0.25, 0.3) is 0 Å². The maximum Gasteiger partial charge on any atom is 0.526 e. The van der Waals surface area contributed by atoms with E-state index in [1.165, 1.54) is 18.2 Å². The van der Waals surface area contributed by atoms with Gasteiger partial charge in [0.2, 0.25) is 0 Å². The summed E-state index contributed by atoms with van der Waals surface area (Å²) < 4.78 is 16.6. The molecule has 0 saturated heterocycles. The standard InChI is InChI=1S/C43H50N2O6/c1-42(2,3)36-20-13-30(14-21-36)24-26-50-37-22-19-33-23-25-45(29-35(33)27-37,41(48)51-43(4,5)6)40(47)44-28-38(39(46)49-7)34-17-15-32(16-18-34)31-11-9-8-10-12-31/h8-22,27,38H,23-26,28-29H2,1-7H3/p+1. The number of urea groups is 1. The first-order valence-corrected chi connectivity index (χ1v) is 17.6. The van der Waals surface area contributed by atoms with E-state index in [1.54, 1.807) is 20.8 Å². The number of nitrogens with zero attached hydrogens (tertiary/aromatic N) is 1. The molecule has 1 N–H and O–H groups in total. The van der Waals surface area contributed by atoms with Crippen LogP contribution in [0.15, 0.2) is 97.1 Å². The van der Waals surface area contributed by atoms with Crippen LogP contribution < -0.4 is 10.1 Å². The van der Waals surface area contributed by atoms with Gasteiger partial charge in [-0.15, -0.1) is 4.48 Å². The summed E-state index contributed by atoms with van der Waals surface area (Å²) in [5.74, 6) is -0.582. The summed E-state index contributed by atoms with van der Waals surface area (Å²) in [5.41, 5.74) is 6.42. The Morgan fingerprint density at radius 1 is 0.804 bits per heavy atom. The van der Waals surface area contributed by atoms with E-state index >= 15 is 0 Å². The second kappa shape index (κ2) is 15.5. The number of rotatable bonds is 9. The zero-order chi connectivity index (χ0) is 36.8. The molecule has 51 heavy (non-hydrogen) atoms. The van der Waals surface area contributed by atoms with Crippen LogP contribution >= 0.6 is 0 Å². The molecule has 2 unspecified atom stereocenters. The molecule has 5 rings (SSSR count). The molecule has 0 fully saturated rings. The van der Waals surface area contributed by atoms with Crippen molar-refractivity contribution in [3.63, 3.8) is 0 Å². The van der Waals surface area contributed by atoms with E-state index in [9.17, 15) is 14.4 Å². The van der Waals surface area contributed by atoms with Gasteiger partial charge in [0.05, 0.1) is 19.6 Å². The Morgan fingerprint density at radius 2 is 1.47 bits per heavy atom. The van der Waals surface area contributed by atoms with Crippen LogP contribution in [0.5, 0.6) is 5.75 Å². The number of hydrogen-bond donors (Lipinski definition) is 1. The zero-order valence-electron chi connectivity index (χ0n) is 31.0. The van der Waals surface area contributed by atoms with E-state index < -0.39 is 34.1 Å². The maximum absolute atomic E-state index is 14.2. The van der Waals surface area contributed by atoms with Crippen molar-refractivity contribution in [2.45, 2.75) is 77.9 Å². The molecule has 0 radical (unpaired) electrons. The third-order valence-electron chi connectivity index (χ3n) is 9.36. The van der Waals surface area contributed by atoms with Crippen molar-refractivity contribution in [2.24, 2.45) is 0 Å². The van der Waals surface area contributed by atoms with Crippen LogP contribution in [0.25, 0.3) is 11.1 Å². The average molecular weight is 692 g/mol. The summed E-state index contributed by atoms with van der Waals surface area (Å²) in [4.78, 5) is 41.2. The molecule has 1 aliphatic heterocycles. The fourth-order valence-corrected chi connectivity index (χ4v) is 6.34. The van der Waals surface area contributed by atoms with Gasteiger partial charge in [-0.1, -0.05) is 106 Å². The van der Waals surface area contributed by atoms with Gasteiger partial charge in [0, 0.05) is 24.9 Å². The summed E-state index contributed by atoms with van der Waals surface area (Å²) in [5, 5.41) is 2.93. The summed E-state index contributed by atoms with van der Waals surface area (Å²) in [6.07, 6.45) is 0.597. The van der Waals surface area contributed by atoms with Crippen molar-refractivity contribution in [3.8, 4) is 16.9 Å². The molecular formula is C43H51N2O6+. The molecule has 8 heteroatoms. The minimum Gasteiger partial charge on any atom is -0.493 e. The van der Waals surface area contributed by atoms with E-state index in [2.05, 4.69) is 50.4 Å². The van der Waals surface area contributed by atoms with Gasteiger partial charge < -0.3 is 19.5 Å². The normalized spacial score (nSPS) is 16.4. The van der Waals surface area contributed by atoms with Crippen molar-refractivity contribution in [1.82, 2.24) is 5.32 Å². The summed E-state index contributed by atoms with van der Waals surface area (Å²) >= 11 is 0. The van der Waals surface area contributed by atoms with Crippen molar-refractivity contribution >= 4 is 18.1 Å². The molecule has 0 aromatic heterocycles. The van der Waals surface area contributed by atoms with Crippen LogP contribution in [0.3, 0.4) is 0 Å². The number of methoxy groups -OCH3 is 1. The lowest BCUT2D eigenvalue weighted by Crippen LogP contribution is -2.63. The lowest BCUT2D eigenvalue weighted by Gasteiger charge is -2.37. The largest absolute Gasteiger partial charge is 0.526 e. The number of amides is 3. The number of esters is 1. The van der Waals surface area contributed by atoms with Crippen LogP contribution in [0.2, 0.25) is 0 Å². The third-order valence-corrected chi connectivity index (χ3v) is 9.36. The zero-order valence-corrected chi connectivity index (χ0v) is 31.0. The van der Waals surface area contributed by atoms with Crippen LogP contribution in [0, 0.1) is 0 Å². The highest BCUT2D eigenvalue weighted by atomic mass is 16.6. The molecule has 0 spiro atoms. The van der Waals surface area contributed by atoms with Crippen molar-refractivity contribution in [3.05, 3.63) is 125 Å². The number of ether oxygens (including phenoxy) is 3. The van der Waals surface area contributed by atoms with Crippen LogP contribution in [0.4, 0.5) is 9.59 Å². The van der Waals surface area contributed by atoms with E-state index in [4.69, 9.17) is 14.2 Å². The quantitative estimate of drug-likeness (QED) is 0.139. The van der Waals surface area contributed by atoms with E-state index in [-0.39, 0.29) is 25.0 Å². The number of quaternary nitrogens is 1. The number of imide groups is 1. The van der Waals surface area contributed by atoms with E-state index in [1.807, 2.05) is 72.8 Å². The van der Waals surface area contributed by atoms with Crippen molar-refractivity contribution < 1.29 is 33.1 Å². The maximum atomic E-state index is 14.2. The van der Waals surface area contributed by atoms with Crippen LogP contribution in [-0.2, 0) is 39.1 Å². The second-order valence-electron chi connectivity index (χ2n) is 15.3. The van der Waals surface area contributed by atoms with Gasteiger partial charge in [-0.05, 0) is 71.7 Å². The first-order chi connectivity index (χ1) is 24.2. The van der Waals surface area contributed by atoms with Gasteiger partial charge in [-0.3, -0.25) is 4.79 Å². The van der Waals surface area contributed by atoms with Gasteiger partial charge in [-0.2, -0.15) is 4.79 Å². The fraction of sp³-hybridized carbons (Fsp3) is 0.372. The minimum absolute atomic E-state index is 0.0499. The first kappa shape index (κ1) is 37.3. The van der Waals surface area contributed by atoms with Crippen LogP contribution in [0.1, 0.15) is 75.3 Å². The highest BCUT2D eigenvalue weighted by Crippen LogP contribution is 2.32. The lowest BCUT2D eigenvalue weighted by atomic mass is 9.86. The molecule has 1 heterocycles. The lowest BCUT2D eigenvalue weighted by molar-refractivity contribution is -0.795. The molecule has 1 aliphatic rings. The third kappa shape index (κ3) is 9.24. The Bertz CT molecular complexity index is 1820. The van der Waals surface area contributed by atoms with Crippen molar-refractivity contribution in [1.29, 1.82) is 0 Å². The smallest absolute Gasteiger partial charge is 0.493 e. The molecule has 0 bridgehead atoms. The SMILES string of the molecule is COC(=O)C(CNC(=O)[N+]1(C(=O)OC(C)(C)C)CCc2ccc(OCCc3ccc(C(C)(C)C)cc3)cc2C1)c1ccc(-c2ccccc2)cc1. The predicted molar refractivity (Wildman–Crippen MR) is 200 cm³/mol. The van der Waals surface area contributed by atoms with E-state index in [0.717, 1.165) is 28.7 Å². The molecule has 268 valence electrons. The predicted octanol–water partition coefficient (Wildman–Crippen LogP) is 8.75. The van der Waals surface area contributed by atoms with Crippen molar-refractivity contribution in [2.75, 3.05) is 26.8 Å². The molecular weight excluding hydrogens is 640 g/mol. The van der Waals surface area contributed by atoms with Gasteiger partial charge in [-0.25, -0.2) is 4.79 Å². The molecule has 0 aliphatic carbocycles. The minimum atomic E-state index is -0.812. The highest BCUT2D eigenvalue weighted by Gasteiger charge is 2.51. The molecule has 0 saturated carbocycles. The molecule has 8 nitrogen and oxygen atoms in total. The van der Waals surface area contributed by atoms with Gasteiger partial charge in [0.1, 0.15) is 24.4 Å². The molecule has 2 atom stereocenters. The Morgan fingerprint density at radius 3 is 2.10 bits per heavy atom. The fourth-order valence-electron chi connectivity index (χ4n) is 6.34. The number of nitrogens with one attached hydrogen (secondary N) is 1. The van der Waals surface area contributed by atoms with Gasteiger partial charge in [0.15, 0.2) is 0 Å². The highest BCUT2D eigenvalue weighted by molar-refractivity contribution is 5.83. The Labute approximate surface area is 302 Å². The molecule has 3 amide bonds. The Balaban J connectivity index is 1.32. The van der Waals surface area contributed by atoms with Gasteiger partial charge >= 0.3 is 18.1 Å². The average Bonchev–Trinajstić information content (AvgIpc) is 3.10. The summed E-state index contributed by atoms with van der Waals surface area (Å²) in [6.45, 7) is 12.7. The topological polar surface area (TPSA) is 90.9 Å². The van der Waals surface area contributed by atoms with Crippen LogP contribution in [-0.4, -0.2) is 55.0 Å². The first-order valence-electron chi connectivity index (χ1n) is 17.6. The number of benzene rings is 4. The van der Waals surface area contributed by atoms with E-state index in [0.29, 0.717) is 24.3 Å². The Hall–Kier alpha value is -4.95. The molecule has 4 aromatic rings. The summed E-state index contributed by atoms with van der Waals surface area (Å²) in [7, 11) is 1.33. The second-order valence-corrected chi connectivity index (χ2v) is 15.3. The number of carbonyl (C=O) groups excluding carboxylic acids is 3. The number of fused-ring (bicyclic) bond motifs is 1. The summed E-state index contributed by atoms with van der Waals surface area (Å²) in [6, 6.07) is 31.5.